The molecule has 0 aliphatic heterocycles. The van der Waals surface area contributed by atoms with E-state index in [0.29, 0.717) is 5.82 Å². The van der Waals surface area contributed by atoms with Crippen LogP contribution in [0.25, 0.3) is 5.69 Å². The Morgan fingerprint density at radius 1 is 1.29 bits per heavy atom. The molecule has 0 fully saturated rings. The molecule has 5 heteroatoms. The van der Waals surface area contributed by atoms with Crippen molar-refractivity contribution in [3.8, 4) is 11.4 Å². The number of methoxy groups -OCH3 is 1. The second-order valence-electron chi connectivity index (χ2n) is 3.78. The van der Waals surface area contributed by atoms with Gasteiger partial charge < -0.3 is 10.5 Å². The van der Waals surface area contributed by atoms with Crippen LogP contribution in [0.15, 0.2) is 24.3 Å². The molecule has 0 saturated carbocycles. The lowest BCUT2D eigenvalue weighted by Crippen LogP contribution is -2.03. The van der Waals surface area contributed by atoms with Gasteiger partial charge in [0, 0.05) is 0 Å². The molecule has 0 spiro atoms. The first-order chi connectivity index (χ1) is 8.26. The van der Waals surface area contributed by atoms with Crippen molar-refractivity contribution in [2.24, 2.45) is 0 Å². The van der Waals surface area contributed by atoms with E-state index >= 15 is 0 Å². The lowest BCUT2D eigenvalue weighted by molar-refractivity contribution is 0.414. The van der Waals surface area contributed by atoms with E-state index in [4.69, 9.17) is 10.5 Å². The topological polar surface area (TPSA) is 66.0 Å². The van der Waals surface area contributed by atoms with E-state index < -0.39 is 0 Å². The molecule has 0 amide bonds. The summed E-state index contributed by atoms with van der Waals surface area (Å²) in [5, 5.41) is 7.97. The molecule has 1 aromatic heterocycles. The Hall–Kier alpha value is -2.04. The van der Waals surface area contributed by atoms with Crippen LogP contribution in [0.3, 0.4) is 0 Å². The summed E-state index contributed by atoms with van der Waals surface area (Å²) in [5.74, 6) is 1.32. The summed E-state index contributed by atoms with van der Waals surface area (Å²) in [4.78, 5) is 0. The molecule has 0 aliphatic rings. The van der Waals surface area contributed by atoms with Crippen LogP contribution in [0.5, 0.6) is 5.75 Å². The molecule has 5 nitrogen and oxygen atoms in total. The summed E-state index contributed by atoms with van der Waals surface area (Å²) < 4.78 is 6.89. The van der Waals surface area contributed by atoms with Crippen molar-refractivity contribution >= 4 is 5.82 Å². The van der Waals surface area contributed by atoms with Crippen molar-refractivity contribution in [3.05, 3.63) is 30.0 Å². The van der Waals surface area contributed by atoms with Crippen molar-refractivity contribution in [1.82, 2.24) is 15.0 Å². The number of anilines is 1. The minimum absolute atomic E-state index is 0.502. The lowest BCUT2D eigenvalue weighted by atomic mass is 10.2. The SMILES string of the molecule is CCCc1c(N)nnn1-c1ccc(OC)cc1. The third kappa shape index (κ3) is 2.22. The third-order valence-electron chi connectivity index (χ3n) is 2.60. The fraction of sp³-hybridized carbons (Fsp3) is 0.333. The first-order valence-corrected chi connectivity index (χ1v) is 5.60. The molecule has 1 heterocycles. The van der Waals surface area contributed by atoms with E-state index in [1.807, 2.05) is 24.3 Å². The first kappa shape index (κ1) is 11.4. The number of aromatic nitrogens is 3. The second kappa shape index (κ2) is 4.86. The maximum Gasteiger partial charge on any atom is 0.169 e. The number of nitrogens with two attached hydrogens (primary N) is 1. The van der Waals surface area contributed by atoms with Gasteiger partial charge in [-0.1, -0.05) is 18.6 Å². The standard InChI is InChI=1S/C12H16N4O/c1-3-4-11-12(13)14-15-16(11)9-5-7-10(17-2)8-6-9/h5-8H,3-4,13H2,1-2H3. The summed E-state index contributed by atoms with van der Waals surface area (Å²) >= 11 is 0. The quantitative estimate of drug-likeness (QED) is 0.873. The van der Waals surface area contributed by atoms with Gasteiger partial charge in [-0.05, 0) is 30.7 Å². The maximum absolute atomic E-state index is 5.80. The monoisotopic (exact) mass is 232 g/mol. The van der Waals surface area contributed by atoms with E-state index in [0.717, 1.165) is 30.0 Å². The highest BCUT2D eigenvalue weighted by Gasteiger charge is 2.10. The van der Waals surface area contributed by atoms with E-state index in [2.05, 4.69) is 17.2 Å². The van der Waals surface area contributed by atoms with Gasteiger partial charge in [0.15, 0.2) is 5.82 Å². The van der Waals surface area contributed by atoms with Gasteiger partial charge in [-0.2, -0.15) is 0 Å². The number of hydrogen-bond donors (Lipinski definition) is 1. The van der Waals surface area contributed by atoms with Gasteiger partial charge in [0.05, 0.1) is 18.5 Å². The van der Waals surface area contributed by atoms with Gasteiger partial charge in [-0.15, -0.1) is 5.10 Å². The summed E-state index contributed by atoms with van der Waals surface area (Å²) in [6, 6.07) is 7.66. The Morgan fingerprint density at radius 2 is 2.00 bits per heavy atom. The molecular formula is C12H16N4O. The van der Waals surface area contributed by atoms with Crippen LogP contribution in [-0.2, 0) is 6.42 Å². The van der Waals surface area contributed by atoms with Gasteiger partial charge in [-0.3, -0.25) is 0 Å². The molecule has 0 saturated heterocycles. The van der Waals surface area contributed by atoms with Gasteiger partial charge >= 0.3 is 0 Å². The Balaban J connectivity index is 2.38. The number of benzene rings is 1. The van der Waals surface area contributed by atoms with Crippen LogP contribution < -0.4 is 10.5 Å². The summed E-state index contributed by atoms with van der Waals surface area (Å²) in [6.07, 6.45) is 1.87. The molecule has 17 heavy (non-hydrogen) atoms. The summed E-state index contributed by atoms with van der Waals surface area (Å²) in [5.41, 5.74) is 7.70. The minimum Gasteiger partial charge on any atom is -0.497 e. The largest absolute Gasteiger partial charge is 0.497 e. The average molecular weight is 232 g/mol. The molecular weight excluding hydrogens is 216 g/mol. The molecule has 0 bridgehead atoms. The Kier molecular flexibility index (Phi) is 3.27. The van der Waals surface area contributed by atoms with Crippen molar-refractivity contribution in [3.63, 3.8) is 0 Å². The highest BCUT2D eigenvalue weighted by Crippen LogP contribution is 2.18. The van der Waals surface area contributed by atoms with E-state index in [1.165, 1.54) is 0 Å². The van der Waals surface area contributed by atoms with E-state index in [9.17, 15) is 0 Å². The van der Waals surface area contributed by atoms with Gasteiger partial charge in [0.2, 0.25) is 0 Å². The fourth-order valence-corrected chi connectivity index (χ4v) is 1.71. The predicted molar refractivity (Wildman–Crippen MR) is 66.3 cm³/mol. The fourth-order valence-electron chi connectivity index (χ4n) is 1.71. The molecule has 0 aliphatic carbocycles. The Labute approximate surface area is 100 Å². The number of nitrogens with zero attached hydrogens (tertiary/aromatic N) is 3. The smallest absolute Gasteiger partial charge is 0.169 e. The van der Waals surface area contributed by atoms with Crippen LogP contribution in [0, 0.1) is 0 Å². The second-order valence-corrected chi connectivity index (χ2v) is 3.78. The molecule has 0 unspecified atom stereocenters. The Morgan fingerprint density at radius 3 is 2.59 bits per heavy atom. The Bertz CT molecular complexity index is 490. The first-order valence-electron chi connectivity index (χ1n) is 5.60. The van der Waals surface area contributed by atoms with Crippen molar-refractivity contribution < 1.29 is 4.74 Å². The number of rotatable bonds is 4. The van der Waals surface area contributed by atoms with Crippen LogP contribution in [0.1, 0.15) is 19.0 Å². The number of nitrogen functional groups attached to an aromatic ring is 1. The highest BCUT2D eigenvalue weighted by atomic mass is 16.5. The molecule has 0 atom stereocenters. The third-order valence-corrected chi connectivity index (χ3v) is 2.60. The summed E-state index contributed by atoms with van der Waals surface area (Å²) in [7, 11) is 1.64. The number of ether oxygens (including phenoxy) is 1. The maximum atomic E-state index is 5.80. The van der Waals surface area contributed by atoms with Gasteiger partial charge in [0.1, 0.15) is 5.75 Å². The lowest BCUT2D eigenvalue weighted by Gasteiger charge is -2.06. The normalized spacial score (nSPS) is 10.5. The van der Waals surface area contributed by atoms with Crippen LogP contribution in [0.4, 0.5) is 5.82 Å². The van der Waals surface area contributed by atoms with Gasteiger partial charge in [-0.25, -0.2) is 4.68 Å². The van der Waals surface area contributed by atoms with Crippen LogP contribution in [0.2, 0.25) is 0 Å². The number of hydrogen-bond acceptors (Lipinski definition) is 4. The van der Waals surface area contributed by atoms with Crippen molar-refractivity contribution in [2.75, 3.05) is 12.8 Å². The van der Waals surface area contributed by atoms with Crippen LogP contribution >= 0.6 is 0 Å². The molecule has 2 rings (SSSR count). The van der Waals surface area contributed by atoms with Crippen molar-refractivity contribution in [2.45, 2.75) is 19.8 Å². The predicted octanol–water partition coefficient (Wildman–Crippen LogP) is 1.81. The molecule has 2 N–H and O–H groups in total. The zero-order valence-corrected chi connectivity index (χ0v) is 10.1. The van der Waals surface area contributed by atoms with Crippen molar-refractivity contribution in [1.29, 1.82) is 0 Å². The zero-order valence-electron chi connectivity index (χ0n) is 10.1. The zero-order chi connectivity index (χ0) is 12.3. The highest BCUT2D eigenvalue weighted by molar-refractivity contribution is 5.42. The van der Waals surface area contributed by atoms with Crippen LogP contribution in [-0.4, -0.2) is 22.1 Å². The summed E-state index contributed by atoms with van der Waals surface area (Å²) in [6.45, 7) is 2.10. The molecule has 1 aromatic carbocycles. The molecule has 2 aromatic rings. The van der Waals surface area contributed by atoms with E-state index in [-0.39, 0.29) is 0 Å². The van der Waals surface area contributed by atoms with Gasteiger partial charge in [0.25, 0.3) is 0 Å². The molecule has 90 valence electrons. The minimum atomic E-state index is 0.502. The molecule has 0 radical (unpaired) electrons. The van der Waals surface area contributed by atoms with E-state index in [1.54, 1.807) is 11.8 Å². The average Bonchev–Trinajstić information content (AvgIpc) is 2.72.